The first kappa shape index (κ1) is 17.8. The number of rotatable bonds is 5. The Kier molecular flexibility index (Phi) is 6.03. The van der Waals surface area contributed by atoms with Gasteiger partial charge >= 0.3 is 0 Å². The van der Waals surface area contributed by atoms with Crippen molar-refractivity contribution in [3.8, 4) is 6.07 Å². The Balaban J connectivity index is 2.89. The zero-order valence-corrected chi connectivity index (χ0v) is 13.7. The molecule has 0 fully saturated rings. The van der Waals surface area contributed by atoms with Crippen molar-refractivity contribution in [3.63, 3.8) is 0 Å². The summed E-state index contributed by atoms with van der Waals surface area (Å²) in [7, 11) is 0. The van der Waals surface area contributed by atoms with Crippen LogP contribution in [0.5, 0.6) is 0 Å². The second-order valence-electron chi connectivity index (χ2n) is 5.60. The van der Waals surface area contributed by atoms with Crippen molar-refractivity contribution < 1.29 is 9.90 Å². The average Bonchev–Trinajstić information content (AvgIpc) is 2.38. The van der Waals surface area contributed by atoms with Gasteiger partial charge in [0.1, 0.15) is 5.92 Å². The third-order valence-electron chi connectivity index (χ3n) is 3.37. The topological polar surface area (TPSA) is 73.1 Å². The van der Waals surface area contributed by atoms with E-state index in [1.807, 2.05) is 6.07 Å². The van der Waals surface area contributed by atoms with E-state index < -0.39 is 17.2 Å². The molecule has 0 bridgehead atoms. The zero-order chi connectivity index (χ0) is 16.2. The highest BCUT2D eigenvalue weighted by molar-refractivity contribution is 6.35. The van der Waals surface area contributed by atoms with E-state index in [-0.39, 0.29) is 12.6 Å². The molecule has 2 atom stereocenters. The number of benzene rings is 1. The van der Waals surface area contributed by atoms with Crippen molar-refractivity contribution in [3.05, 3.63) is 33.8 Å². The van der Waals surface area contributed by atoms with E-state index >= 15 is 0 Å². The molecular weight excluding hydrogens is 311 g/mol. The zero-order valence-electron chi connectivity index (χ0n) is 12.2. The van der Waals surface area contributed by atoms with E-state index in [1.54, 1.807) is 39.0 Å². The molecule has 6 heteroatoms. The maximum atomic E-state index is 12.2. The first-order chi connectivity index (χ1) is 9.72. The molecule has 0 heterocycles. The highest BCUT2D eigenvalue weighted by atomic mass is 35.5. The maximum absolute atomic E-state index is 12.2. The molecule has 0 aliphatic rings. The molecule has 21 heavy (non-hydrogen) atoms. The summed E-state index contributed by atoms with van der Waals surface area (Å²) < 4.78 is 0. The normalized spacial score (nSPS) is 14.1. The van der Waals surface area contributed by atoms with E-state index in [9.17, 15) is 15.2 Å². The molecule has 1 aromatic rings. The summed E-state index contributed by atoms with van der Waals surface area (Å²) in [5.41, 5.74) is -0.101. The first-order valence-corrected chi connectivity index (χ1v) is 7.24. The Bertz CT molecular complexity index is 567. The van der Waals surface area contributed by atoms with Crippen LogP contribution in [0.15, 0.2) is 18.2 Å². The van der Waals surface area contributed by atoms with E-state index in [2.05, 4.69) is 5.32 Å². The number of carbonyl (C=O) groups is 1. The van der Waals surface area contributed by atoms with E-state index in [4.69, 9.17) is 23.2 Å². The first-order valence-electron chi connectivity index (χ1n) is 6.48. The number of nitriles is 1. The van der Waals surface area contributed by atoms with Gasteiger partial charge in [-0.05, 0) is 24.6 Å². The fourth-order valence-corrected chi connectivity index (χ4v) is 2.48. The summed E-state index contributed by atoms with van der Waals surface area (Å²) in [6, 6.07) is 6.59. The maximum Gasteiger partial charge on any atom is 0.238 e. The molecule has 0 aliphatic heterocycles. The van der Waals surface area contributed by atoms with Crippen molar-refractivity contribution in [2.24, 2.45) is 11.3 Å². The fraction of sp³-hybridized carbons (Fsp3) is 0.467. The van der Waals surface area contributed by atoms with Gasteiger partial charge in [-0.2, -0.15) is 5.26 Å². The van der Waals surface area contributed by atoms with Gasteiger partial charge in [0.15, 0.2) is 0 Å². The molecule has 0 saturated carbocycles. The largest absolute Gasteiger partial charge is 0.396 e. The van der Waals surface area contributed by atoms with E-state index in [0.717, 1.165) is 0 Å². The number of halogens is 2. The van der Waals surface area contributed by atoms with Crippen LogP contribution in [0.25, 0.3) is 0 Å². The monoisotopic (exact) mass is 328 g/mol. The van der Waals surface area contributed by atoms with E-state index in [0.29, 0.717) is 15.6 Å². The number of carbonyl (C=O) groups excluding carboxylic acids is 1. The molecule has 1 rings (SSSR count). The lowest BCUT2D eigenvalue weighted by Gasteiger charge is -2.27. The van der Waals surface area contributed by atoms with Crippen molar-refractivity contribution in [2.45, 2.75) is 26.8 Å². The van der Waals surface area contributed by atoms with Crippen LogP contribution in [0.1, 0.15) is 32.4 Å². The van der Waals surface area contributed by atoms with Gasteiger partial charge in [0.2, 0.25) is 5.91 Å². The van der Waals surface area contributed by atoms with Crippen LogP contribution in [0.2, 0.25) is 10.0 Å². The Morgan fingerprint density at radius 1 is 1.48 bits per heavy atom. The summed E-state index contributed by atoms with van der Waals surface area (Å²) in [6.45, 7) is 4.85. The van der Waals surface area contributed by atoms with Gasteiger partial charge in [-0.25, -0.2) is 0 Å². The van der Waals surface area contributed by atoms with Gasteiger partial charge in [0.25, 0.3) is 0 Å². The molecule has 1 aromatic carbocycles. The van der Waals surface area contributed by atoms with Crippen LogP contribution in [-0.4, -0.2) is 17.6 Å². The molecule has 2 unspecified atom stereocenters. The number of aliphatic hydroxyl groups is 1. The van der Waals surface area contributed by atoms with Crippen LogP contribution in [-0.2, 0) is 4.79 Å². The van der Waals surface area contributed by atoms with E-state index in [1.165, 1.54) is 0 Å². The number of amides is 1. The number of hydrogen-bond acceptors (Lipinski definition) is 3. The van der Waals surface area contributed by atoms with Crippen molar-refractivity contribution >= 4 is 29.1 Å². The second-order valence-corrected chi connectivity index (χ2v) is 6.45. The predicted octanol–water partition coefficient (Wildman–Crippen LogP) is 3.33. The molecule has 114 valence electrons. The van der Waals surface area contributed by atoms with Crippen molar-refractivity contribution in [1.82, 2.24) is 5.32 Å². The molecule has 0 saturated heterocycles. The average molecular weight is 329 g/mol. The number of nitrogens with zero attached hydrogens (tertiary/aromatic N) is 1. The quantitative estimate of drug-likeness (QED) is 0.870. The van der Waals surface area contributed by atoms with Crippen LogP contribution in [0.3, 0.4) is 0 Å². The number of hydrogen-bond donors (Lipinski definition) is 2. The summed E-state index contributed by atoms with van der Waals surface area (Å²) in [6.07, 6.45) is 0. The van der Waals surface area contributed by atoms with Crippen LogP contribution < -0.4 is 5.32 Å². The van der Waals surface area contributed by atoms with Crippen LogP contribution >= 0.6 is 23.2 Å². The van der Waals surface area contributed by atoms with Gasteiger partial charge in [-0.1, -0.05) is 43.1 Å². The summed E-state index contributed by atoms with van der Waals surface area (Å²) >= 11 is 11.9. The molecule has 0 aliphatic carbocycles. The summed E-state index contributed by atoms with van der Waals surface area (Å²) in [5.74, 6) is -1.38. The number of nitrogens with one attached hydrogen (secondary N) is 1. The lowest BCUT2D eigenvalue weighted by molar-refractivity contribution is -0.127. The summed E-state index contributed by atoms with van der Waals surface area (Å²) in [5, 5.41) is 22.2. The third-order valence-corrected chi connectivity index (χ3v) is 3.93. The molecule has 0 spiro atoms. The summed E-state index contributed by atoms with van der Waals surface area (Å²) in [4.78, 5) is 12.2. The lowest BCUT2D eigenvalue weighted by atomic mass is 9.79. The Morgan fingerprint density at radius 3 is 2.57 bits per heavy atom. The Labute approximate surface area is 134 Å². The minimum absolute atomic E-state index is 0.255. The fourth-order valence-electron chi connectivity index (χ4n) is 1.91. The molecule has 1 amide bonds. The standard InChI is InChI=1S/C15H18Cl2N2O2/c1-9(11-5-4-10(16)6-13(11)17)19-14(21)12(7-18)15(2,3)8-20/h4-6,9,12,20H,8H2,1-3H3,(H,19,21). The van der Waals surface area contributed by atoms with Crippen LogP contribution in [0.4, 0.5) is 0 Å². The minimum atomic E-state index is -0.948. The second kappa shape index (κ2) is 7.13. The Hall–Kier alpha value is -1.28. The molecular formula is C15H18Cl2N2O2. The molecule has 2 N–H and O–H groups in total. The van der Waals surface area contributed by atoms with Gasteiger partial charge < -0.3 is 10.4 Å². The predicted molar refractivity (Wildman–Crippen MR) is 83.0 cm³/mol. The molecule has 0 radical (unpaired) electrons. The number of aliphatic hydroxyl groups excluding tert-OH is 1. The smallest absolute Gasteiger partial charge is 0.238 e. The van der Waals surface area contributed by atoms with Crippen LogP contribution in [0, 0.1) is 22.7 Å². The van der Waals surface area contributed by atoms with Gasteiger partial charge in [-0.3, -0.25) is 4.79 Å². The van der Waals surface area contributed by atoms with Crippen molar-refractivity contribution in [1.29, 1.82) is 5.26 Å². The van der Waals surface area contributed by atoms with Gasteiger partial charge in [0, 0.05) is 22.1 Å². The molecule has 0 aromatic heterocycles. The third kappa shape index (κ3) is 4.34. The minimum Gasteiger partial charge on any atom is -0.396 e. The van der Waals surface area contributed by atoms with Gasteiger partial charge in [0.05, 0.1) is 12.1 Å². The highest BCUT2D eigenvalue weighted by Gasteiger charge is 2.35. The lowest BCUT2D eigenvalue weighted by Crippen LogP contribution is -2.41. The van der Waals surface area contributed by atoms with Gasteiger partial charge in [-0.15, -0.1) is 0 Å². The Morgan fingerprint density at radius 2 is 2.10 bits per heavy atom. The van der Waals surface area contributed by atoms with Crippen molar-refractivity contribution in [2.75, 3.05) is 6.61 Å². The molecule has 4 nitrogen and oxygen atoms in total. The highest BCUT2D eigenvalue weighted by Crippen LogP contribution is 2.29. The SMILES string of the molecule is CC(NC(=O)C(C#N)C(C)(C)CO)c1ccc(Cl)cc1Cl.